The zero-order valence-corrected chi connectivity index (χ0v) is 8.41. The fourth-order valence-corrected chi connectivity index (χ4v) is 2.09. The molecule has 1 aromatic rings. The van der Waals surface area contributed by atoms with E-state index < -0.39 is 16.1 Å². The molecule has 0 saturated heterocycles. The molecule has 4 nitrogen and oxygen atoms in total. The molecular weight excluding hydrogens is 202 g/mol. The third-order valence-electron chi connectivity index (χ3n) is 1.56. The van der Waals surface area contributed by atoms with Crippen molar-refractivity contribution in [1.29, 1.82) is 0 Å². The molecule has 0 heterocycles. The summed E-state index contributed by atoms with van der Waals surface area (Å²) >= 11 is 0. The molecule has 0 saturated carbocycles. The summed E-state index contributed by atoms with van der Waals surface area (Å²) in [6.07, 6.45) is 1.55. The van der Waals surface area contributed by atoms with Gasteiger partial charge in [-0.15, -0.1) is 0 Å². The van der Waals surface area contributed by atoms with Gasteiger partial charge in [0.1, 0.15) is 0 Å². The highest BCUT2D eigenvalue weighted by atomic mass is 32.2. The highest BCUT2D eigenvalue weighted by Gasteiger charge is 2.16. The van der Waals surface area contributed by atoms with Gasteiger partial charge in [-0.3, -0.25) is 4.79 Å². The van der Waals surface area contributed by atoms with Gasteiger partial charge in [-0.1, -0.05) is 18.2 Å². The van der Waals surface area contributed by atoms with Crippen molar-refractivity contribution in [3.63, 3.8) is 0 Å². The van der Waals surface area contributed by atoms with Gasteiger partial charge in [0.15, 0.2) is 0 Å². The van der Waals surface area contributed by atoms with Crippen LogP contribution in [0, 0.1) is 0 Å². The van der Waals surface area contributed by atoms with Gasteiger partial charge in [0.05, 0.1) is 10.9 Å². The molecule has 0 aromatic heterocycles. The zero-order chi connectivity index (χ0) is 10.6. The molecule has 1 atom stereocenters. The van der Waals surface area contributed by atoms with Crippen LogP contribution in [0.1, 0.15) is 6.92 Å². The van der Waals surface area contributed by atoms with Crippen molar-refractivity contribution in [3.8, 4) is 0 Å². The minimum atomic E-state index is -3.58. The van der Waals surface area contributed by atoms with Gasteiger partial charge in [0.2, 0.25) is 16.3 Å². The van der Waals surface area contributed by atoms with Crippen LogP contribution >= 0.6 is 0 Å². The van der Waals surface area contributed by atoms with Crippen LogP contribution in [0.5, 0.6) is 0 Å². The summed E-state index contributed by atoms with van der Waals surface area (Å²) in [6.45, 7) is 1.42. The third-order valence-corrected chi connectivity index (χ3v) is 3.12. The van der Waals surface area contributed by atoms with Crippen molar-refractivity contribution in [2.45, 2.75) is 17.9 Å². The first-order valence-corrected chi connectivity index (χ1v) is 5.49. The van der Waals surface area contributed by atoms with Gasteiger partial charge in [0.25, 0.3) is 0 Å². The first kappa shape index (κ1) is 10.9. The van der Waals surface area contributed by atoms with Gasteiger partial charge in [-0.25, -0.2) is 13.1 Å². The van der Waals surface area contributed by atoms with E-state index in [1.165, 1.54) is 19.1 Å². The minimum Gasteiger partial charge on any atom is -0.289 e. The number of benzene rings is 1. The monoisotopic (exact) mass is 212 g/mol. The lowest BCUT2D eigenvalue weighted by Gasteiger charge is -2.07. The fourth-order valence-electron chi connectivity index (χ4n) is 0.924. The summed E-state index contributed by atoms with van der Waals surface area (Å²) in [4.78, 5) is 10.3. The van der Waals surface area contributed by atoms with Crippen LogP contribution in [0.25, 0.3) is 0 Å². The van der Waals surface area contributed by atoms with Crippen LogP contribution in [0.15, 0.2) is 35.2 Å². The number of nitrogens with one attached hydrogen (secondary N) is 1. The third kappa shape index (κ3) is 2.65. The highest BCUT2D eigenvalue weighted by Crippen LogP contribution is 2.07. The van der Waals surface area contributed by atoms with Crippen molar-refractivity contribution in [3.05, 3.63) is 30.3 Å². The molecule has 14 heavy (non-hydrogen) atoms. The summed E-state index contributed by atoms with van der Waals surface area (Å²) in [5.41, 5.74) is 0. The van der Waals surface area contributed by atoms with Crippen molar-refractivity contribution in [1.82, 2.24) is 4.72 Å². The topological polar surface area (TPSA) is 63.2 Å². The van der Waals surface area contributed by atoms with Crippen LogP contribution in [-0.4, -0.2) is 20.7 Å². The molecule has 75 valence electrons. The molecule has 5 heteroatoms. The van der Waals surface area contributed by atoms with Crippen LogP contribution in [0.4, 0.5) is 0 Å². The molecule has 0 bridgehead atoms. The zero-order valence-electron chi connectivity index (χ0n) is 7.60. The molecule has 0 spiro atoms. The SMILES string of the molecule is CC([C]=O)NS(=O)(=O)c1ccccc1. The normalized spacial score (nSPS) is 13.5. The predicted octanol–water partition coefficient (Wildman–Crippen LogP) is 0.463. The average Bonchev–Trinajstić information content (AvgIpc) is 2.18. The Morgan fingerprint density at radius 2 is 1.86 bits per heavy atom. The van der Waals surface area contributed by atoms with Crippen molar-refractivity contribution < 1.29 is 13.2 Å². The van der Waals surface area contributed by atoms with E-state index in [0.29, 0.717) is 0 Å². The molecule has 1 unspecified atom stereocenters. The van der Waals surface area contributed by atoms with Crippen molar-refractivity contribution in [2.75, 3.05) is 0 Å². The molecule has 1 N–H and O–H groups in total. The van der Waals surface area contributed by atoms with Crippen molar-refractivity contribution >= 4 is 16.3 Å². The molecular formula is C9H10NO3S. The smallest absolute Gasteiger partial charge is 0.241 e. The number of hydrogen-bond donors (Lipinski definition) is 1. The molecule has 0 fully saturated rings. The quantitative estimate of drug-likeness (QED) is 0.788. The number of hydrogen-bond acceptors (Lipinski definition) is 3. The number of sulfonamides is 1. The molecule has 0 aliphatic heterocycles. The fraction of sp³-hybridized carbons (Fsp3) is 0.222. The van der Waals surface area contributed by atoms with Gasteiger partial charge < -0.3 is 0 Å². The van der Waals surface area contributed by atoms with Crippen LogP contribution < -0.4 is 4.72 Å². The van der Waals surface area contributed by atoms with Gasteiger partial charge in [-0.05, 0) is 19.1 Å². The standard InChI is InChI=1S/C9H10NO3S/c1-8(7-11)10-14(12,13)9-5-3-2-4-6-9/h2-6,8,10H,1H3. The van der Waals surface area contributed by atoms with Gasteiger partial charge in [0, 0.05) is 0 Å². The summed E-state index contributed by atoms with van der Waals surface area (Å²) in [5.74, 6) is 0. The summed E-state index contributed by atoms with van der Waals surface area (Å²) in [7, 11) is -3.58. The Labute approximate surface area is 83.0 Å². The van der Waals surface area contributed by atoms with Gasteiger partial charge >= 0.3 is 0 Å². The maximum Gasteiger partial charge on any atom is 0.241 e. The van der Waals surface area contributed by atoms with E-state index in [-0.39, 0.29) is 4.90 Å². The maximum atomic E-state index is 11.5. The molecule has 0 aliphatic carbocycles. The Morgan fingerprint density at radius 3 is 2.36 bits per heavy atom. The Bertz CT molecular complexity index is 399. The summed E-state index contributed by atoms with van der Waals surface area (Å²) in [5, 5.41) is 0. The second-order valence-electron chi connectivity index (χ2n) is 2.77. The average molecular weight is 212 g/mol. The highest BCUT2D eigenvalue weighted by molar-refractivity contribution is 7.89. The Morgan fingerprint density at radius 1 is 1.29 bits per heavy atom. The number of carbonyl (C=O) groups excluding carboxylic acids is 1. The second kappa shape index (κ2) is 4.34. The molecule has 1 radical (unpaired) electrons. The summed E-state index contributed by atoms with van der Waals surface area (Å²) < 4.78 is 25.2. The minimum absolute atomic E-state index is 0.141. The number of rotatable bonds is 4. The largest absolute Gasteiger partial charge is 0.289 e. The lowest BCUT2D eigenvalue weighted by Crippen LogP contribution is -2.33. The molecule has 0 aliphatic rings. The second-order valence-corrected chi connectivity index (χ2v) is 4.49. The van der Waals surface area contributed by atoms with Crippen LogP contribution in [0.3, 0.4) is 0 Å². The lowest BCUT2D eigenvalue weighted by molar-refractivity contribution is 0.533. The van der Waals surface area contributed by atoms with E-state index in [1.54, 1.807) is 24.5 Å². The Kier molecular flexibility index (Phi) is 3.38. The lowest BCUT2D eigenvalue weighted by atomic mass is 10.4. The Balaban J connectivity index is 2.92. The van der Waals surface area contributed by atoms with E-state index in [9.17, 15) is 13.2 Å². The molecule has 1 aromatic carbocycles. The van der Waals surface area contributed by atoms with Gasteiger partial charge in [-0.2, -0.15) is 0 Å². The summed E-state index contributed by atoms with van der Waals surface area (Å²) in [6, 6.07) is 7.03. The maximum absolute atomic E-state index is 11.5. The van der Waals surface area contributed by atoms with E-state index in [1.807, 2.05) is 0 Å². The van der Waals surface area contributed by atoms with Crippen molar-refractivity contribution in [2.24, 2.45) is 0 Å². The first-order chi connectivity index (χ1) is 6.56. The van der Waals surface area contributed by atoms with E-state index in [0.717, 1.165) is 0 Å². The molecule has 1 rings (SSSR count). The van der Waals surface area contributed by atoms with E-state index >= 15 is 0 Å². The Hall–Kier alpha value is -1.20. The van der Waals surface area contributed by atoms with Crippen LogP contribution in [0.2, 0.25) is 0 Å². The van der Waals surface area contributed by atoms with E-state index in [4.69, 9.17) is 0 Å². The first-order valence-electron chi connectivity index (χ1n) is 4.01. The van der Waals surface area contributed by atoms with Crippen LogP contribution in [-0.2, 0) is 14.8 Å². The predicted molar refractivity (Wildman–Crippen MR) is 51.9 cm³/mol. The van der Waals surface area contributed by atoms with E-state index in [2.05, 4.69) is 4.72 Å². The molecule has 0 amide bonds.